The highest BCUT2D eigenvalue weighted by Crippen LogP contribution is 2.52. The number of piperidine rings is 2. The zero-order valence-corrected chi connectivity index (χ0v) is 57.1. The minimum Gasteiger partial charge on any atom is -0.444 e. The summed E-state index contributed by atoms with van der Waals surface area (Å²) in [5.41, 5.74) is 4.37. The lowest BCUT2D eigenvalue weighted by Gasteiger charge is -2.32. The summed E-state index contributed by atoms with van der Waals surface area (Å²) in [6, 6.07) is 19.8. The Labute approximate surface area is 551 Å². The van der Waals surface area contributed by atoms with Gasteiger partial charge in [-0.3, -0.25) is 0 Å². The summed E-state index contributed by atoms with van der Waals surface area (Å²) in [4.78, 5) is 27.8. The molecular formula is C69H92BIN10O10. The van der Waals surface area contributed by atoms with E-state index in [1.54, 1.807) is 26.4 Å². The summed E-state index contributed by atoms with van der Waals surface area (Å²) in [5, 5.41) is 30.8. The van der Waals surface area contributed by atoms with Crippen molar-refractivity contribution < 1.29 is 47.6 Å². The van der Waals surface area contributed by atoms with Gasteiger partial charge in [0.25, 0.3) is 0 Å². The lowest BCUT2D eigenvalue weighted by atomic mass is 9.79. The smallest absolute Gasteiger partial charge is 0.444 e. The molecule has 0 spiro atoms. The third-order valence-electron chi connectivity index (χ3n) is 18.4. The highest BCUT2D eigenvalue weighted by molar-refractivity contribution is 14.1. The second kappa shape index (κ2) is 29.6. The molecule has 3 N–H and O–H groups in total. The molecule has 488 valence electrons. The number of amides is 1. The van der Waals surface area contributed by atoms with Crippen LogP contribution in [0.15, 0.2) is 94.5 Å². The second-order valence-corrected chi connectivity index (χ2v) is 28.1. The predicted molar refractivity (Wildman–Crippen MR) is 356 cm³/mol. The first-order valence-corrected chi connectivity index (χ1v) is 33.4. The fourth-order valence-electron chi connectivity index (χ4n) is 12.7. The molecule has 6 aromatic rings. The van der Waals surface area contributed by atoms with Gasteiger partial charge in [-0.1, -0.05) is 53.1 Å². The number of rotatable bonds is 18. The zero-order chi connectivity index (χ0) is 64.8. The summed E-state index contributed by atoms with van der Waals surface area (Å²) in [6.45, 7) is 28.3. The molecule has 3 unspecified atom stereocenters. The van der Waals surface area contributed by atoms with Crippen LogP contribution in [0, 0.1) is 63.0 Å². The Morgan fingerprint density at radius 1 is 0.813 bits per heavy atom. The lowest BCUT2D eigenvalue weighted by molar-refractivity contribution is -0.188. The Bertz CT molecular complexity index is 3440. The topological polar surface area (TPSA) is 213 Å². The first-order valence-electron chi connectivity index (χ1n) is 32.4. The monoisotopic (exact) mass is 1360 g/mol. The molecule has 22 heteroatoms. The van der Waals surface area contributed by atoms with Crippen LogP contribution >= 0.6 is 22.6 Å². The van der Waals surface area contributed by atoms with Crippen LogP contribution in [-0.2, 0) is 23.5 Å². The number of nitrogens with zero attached hydrogens (tertiary/aromatic N) is 9. The van der Waals surface area contributed by atoms with Crippen LogP contribution in [0.3, 0.4) is 0 Å². The van der Waals surface area contributed by atoms with Crippen LogP contribution in [0.1, 0.15) is 153 Å². The van der Waals surface area contributed by atoms with Gasteiger partial charge in [-0.25, -0.2) is 14.8 Å². The summed E-state index contributed by atoms with van der Waals surface area (Å²) >= 11 is 2.07. The molecule has 4 saturated heterocycles. The number of ether oxygens (including phenoxy) is 3. The lowest BCUT2D eigenvalue weighted by Crippen LogP contribution is -2.41. The van der Waals surface area contributed by atoms with E-state index in [4.69, 9.17) is 37.7 Å². The number of likely N-dealkylation sites (N-methyl/N-ethyl adjacent to an activating group) is 2. The van der Waals surface area contributed by atoms with E-state index in [0.717, 1.165) is 84.4 Å². The number of hydrogen-bond acceptors (Lipinski definition) is 17. The Hall–Kier alpha value is -5.90. The van der Waals surface area contributed by atoms with Crippen molar-refractivity contribution >= 4 is 41.3 Å². The van der Waals surface area contributed by atoms with Crippen molar-refractivity contribution in [1.82, 2.24) is 49.4 Å². The van der Waals surface area contributed by atoms with E-state index in [2.05, 4.69) is 141 Å². The van der Waals surface area contributed by atoms with E-state index < -0.39 is 17.8 Å². The minimum atomic E-state index is -0.677. The average Bonchev–Trinajstić information content (AvgIpc) is 1.61. The molecule has 11 atom stereocenters. The quantitative estimate of drug-likeness (QED) is 0.0415. The number of aliphatic hydroxyl groups excluding tert-OH is 2. The minimum absolute atomic E-state index is 0.147. The molecule has 4 aromatic heterocycles. The Morgan fingerprint density at radius 3 is 1.90 bits per heavy atom. The summed E-state index contributed by atoms with van der Waals surface area (Å²) in [5.74, 6) is 19.8. The van der Waals surface area contributed by atoms with Gasteiger partial charge in [0.05, 0.1) is 36.4 Å². The van der Waals surface area contributed by atoms with Crippen LogP contribution in [0.5, 0.6) is 0 Å². The van der Waals surface area contributed by atoms with E-state index in [9.17, 15) is 9.90 Å². The number of nitrogens with one attached hydrogen (secondary N) is 1. The van der Waals surface area contributed by atoms with Gasteiger partial charge >= 0.3 is 13.2 Å². The average molecular weight is 1360 g/mol. The second-order valence-electron chi connectivity index (χ2n) is 27.0. The van der Waals surface area contributed by atoms with Crippen LogP contribution in [0.25, 0.3) is 11.3 Å². The normalized spacial score (nSPS) is 24.2. The summed E-state index contributed by atoms with van der Waals surface area (Å²) in [6.07, 6.45) is 9.80. The van der Waals surface area contributed by atoms with Gasteiger partial charge in [-0.2, -0.15) is 0 Å². The van der Waals surface area contributed by atoms with Crippen molar-refractivity contribution in [2.75, 3.05) is 79.7 Å². The van der Waals surface area contributed by atoms with Crippen molar-refractivity contribution in [1.29, 1.82) is 0 Å². The van der Waals surface area contributed by atoms with Crippen molar-refractivity contribution in [2.24, 2.45) is 35.5 Å². The molecule has 2 aromatic carbocycles. The number of benzene rings is 2. The number of hydrogen-bond donors (Lipinski definition) is 3. The van der Waals surface area contributed by atoms with E-state index >= 15 is 0 Å². The fraction of sp³-hybridized carbons (Fsp3) is 0.580. The molecule has 91 heavy (non-hydrogen) atoms. The Morgan fingerprint density at radius 2 is 1.37 bits per heavy atom. The van der Waals surface area contributed by atoms with Gasteiger partial charge in [0.15, 0.2) is 15.8 Å². The Kier molecular flexibility index (Phi) is 22.1. The third-order valence-corrected chi connectivity index (χ3v) is 18.9. The molecule has 1 amide bonds. The molecule has 2 aliphatic carbocycles. The number of aliphatic hydroxyl groups is 2. The number of aromatic nitrogens is 6. The molecule has 4 aliphatic heterocycles. The van der Waals surface area contributed by atoms with Crippen molar-refractivity contribution in [3.05, 3.63) is 123 Å². The largest absolute Gasteiger partial charge is 0.494 e. The van der Waals surface area contributed by atoms with Crippen molar-refractivity contribution in [3.63, 3.8) is 0 Å². The molecule has 20 nitrogen and oxygen atoms in total. The van der Waals surface area contributed by atoms with Gasteiger partial charge < -0.3 is 71.9 Å². The van der Waals surface area contributed by atoms with Crippen LogP contribution in [0.2, 0.25) is 0 Å². The Balaban J connectivity index is 0.000000151. The highest BCUT2D eigenvalue weighted by Gasteiger charge is 2.56. The first kappa shape index (κ1) is 68.0. The molecule has 6 aliphatic rings. The van der Waals surface area contributed by atoms with Crippen molar-refractivity contribution in [3.8, 4) is 35.0 Å². The molecule has 0 radical (unpaired) electrons. The number of imidazole rings is 2. The molecule has 2 saturated carbocycles. The van der Waals surface area contributed by atoms with E-state index in [1.165, 1.54) is 31.0 Å². The number of likely N-dealkylation sites (tertiary alicyclic amines) is 2. The zero-order valence-electron chi connectivity index (χ0n) is 55.0. The SMILES string of the molecule is CCCN1C[C@@H]2C(C#Cc3ccc(B4OC(C)(C)C(C)(C)O4)cc3)[C@@H]2C1.CNC[C@H](c1cc(-c2ccc(C#CC3[C@H]4CN(CCO)C[C@@H]34)cc2)on1)n1ccnc1[C@H](C)O.C[C@H](OC1CCCCO1)c1nccn1[C@H](CN(C)C(=O)OC(C)(C)C)c1cc(I)on1. The van der Waals surface area contributed by atoms with Crippen LogP contribution in [0.4, 0.5) is 4.79 Å². The fourth-order valence-corrected chi connectivity index (χ4v) is 13.1. The molecule has 12 rings (SSSR count). The van der Waals surface area contributed by atoms with Crippen molar-refractivity contribution in [2.45, 2.75) is 142 Å². The van der Waals surface area contributed by atoms with Gasteiger partial charge in [-0.05, 0) is 167 Å². The number of β-amino-alcohol motifs (C(OH)–C–C–N with tert-alkyl or cyclic N) is 1. The number of fused-ring (bicyclic) bond motifs is 2. The first-order chi connectivity index (χ1) is 43.5. The predicted octanol–water partition coefficient (Wildman–Crippen LogP) is 9.38. The maximum atomic E-state index is 12.6. The van der Waals surface area contributed by atoms with Gasteiger partial charge in [0.1, 0.15) is 40.8 Å². The highest BCUT2D eigenvalue weighted by atomic mass is 127. The van der Waals surface area contributed by atoms with E-state index in [-0.39, 0.29) is 49.4 Å². The maximum absolute atomic E-state index is 12.6. The third kappa shape index (κ3) is 16.9. The summed E-state index contributed by atoms with van der Waals surface area (Å²) in [7, 11) is 3.29. The number of carbonyl (C=O) groups is 1. The number of carbonyl (C=O) groups excluding carboxylic acids is 1. The standard InChI is InChI=1S/C26H31N5O3.C22H30BNO2.C21H31IN4O5/c1-17(33)26-28-9-10-31(26)24(14-27-2)23-13-25(34-29-23)19-6-3-18(4-7-19)5-8-20-21-15-30(11-12-32)16-22(20)21;1-6-13-24-14-19-18(20(19)15-24)12-9-16-7-10-17(11-8-16)23-25-21(2,3)22(4,5)26-23;1-14(29-18-8-6-7-11-28-18)19-23-9-10-26(19)16(15-12-17(22)31-24-15)13-25(5)20(27)30-21(2,3)4/h3-4,6-7,9-10,13,17,20-22,24,27,32-33H,11-12,14-16H2,1-2H3;7-8,10-11,18-20H,6,13-15H2,1-5H3;9-10,12,14,16,18H,6-8,11,13H2,1-5H3/t17-,20?,21-,22+,24+;18?,19-,20+;14-,16+,18?/m0.0/s1. The van der Waals surface area contributed by atoms with Crippen LogP contribution < -0.4 is 10.8 Å². The van der Waals surface area contributed by atoms with E-state index in [0.29, 0.717) is 64.4 Å². The van der Waals surface area contributed by atoms with Crippen LogP contribution in [-0.4, -0.2) is 170 Å². The van der Waals surface area contributed by atoms with Gasteiger partial charge in [0.2, 0.25) is 0 Å². The van der Waals surface area contributed by atoms with E-state index in [1.807, 2.05) is 92.7 Å². The molecular weight excluding hydrogens is 1270 g/mol. The summed E-state index contributed by atoms with van der Waals surface area (Å²) < 4.78 is 45.1. The van der Waals surface area contributed by atoms with Gasteiger partial charge in [-0.15, -0.1) is 0 Å². The molecule has 6 fully saturated rings. The molecule has 0 bridgehead atoms. The molecule has 8 heterocycles. The maximum Gasteiger partial charge on any atom is 0.494 e. The number of halogens is 1. The van der Waals surface area contributed by atoms with Gasteiger partial charge in [0, 0.05) is 141 Å².